The molecule has 2 nitrogen and oxygen atoms in total. The summed E-state index contributed by atoms with van der Waals surface area (Å²) in [7, 11) is 2.23. The molecular weight excluding hydrogens is 198 g/mol. The molecule has 2 rings (SSSR count). The molecule has 0 aromatic carbocycles. The Bertz CT molecular complexity index is 223. The van der Waals surface area contributed by atoms with Gasteiger partial charge in [-0.05, 0) is 56.9 Å². The monoisotopic (exact) mass is 225 g/mol. The molecule has 0 spiro atoms. The molecule has 0 aliphatic heterocycles. The third kappa shape index (κ3) is 2.98. The van der Waals surface area contributed by atoms with Crippen LogP contribution in [0.5, 0.6) is 0 Å². The van der Waals surface area contributed by atoms with Gasteiger partial charge in [0, 0.05) is 12.6 Å². The zero-order valence-corrected chi connectivity index (χ0v) is 11.0. The van der Waals surface area contributed by atoms with E-state index in [1.54, 1.807) is 0 Å². The maximum Gasteiger partial charge on any atom is 0.0580 e. The summed E-state index contributed by atoms with van der Waals surface area (Å²) in [5.41, 5.74) is 0. The Morgan fingerprint density at radius 2 is 1.88 bits per heavy atom. The van der Waals surface area contributed by atoms with Gasteiger partial charge < -0.3 is 10.0 Å². The number of hydrogen-bond donors (Lipinski definition) is 1. The number of aliphatic hydroxyl groups is 1. The van der Waals surface area contributed by atoms with Crippen LogP contribution in [0.15, 0.2) is 0 Å². The van der Waals surface area contributed by atoms with Crippen molar-refractivity contribution in [1.82, 2.24) is 4.90 Å². The van der Waals surface area contributed by atoms with Crippen molar-refractivity contribution < 1.29 is 5.11 Å². The number of aliphatic hydroxyl groups excluding tert-OH is 1. The molecular formula is C14H27NO. The lowest BCUT2D eigenvalue weighted by Gasteiger charge is -2.37. The molecule has 3 atom stereocenters. The van der Waals surface area contributed by atoms with Gasteiger partial charge >= 0.3 is 0 Å². The minimum atomic E-state index is -0.0452. The first kappa shape index (κ1) is 12.4. The van der Waals surface area contributed by atoms with Crippen molar-refractivity contribution in [3.63, 3.8) is 0 Å². The average Bonchev–Trinajstić information content (AvgIpc) is 3.04. The van der Waals surface area contributed by atoms with Crippen LogP contribution in [0.1, 0.15) is 46.0 Å². The molecule has 0 radical (unpaired) electrons. The Labute approximate surface area is 100 Å². The van der Waals surface area contributed by atoms with Crippen molar-refractivity contribution in [2.24, 2.45) is 17.8 Å². The fourth-order valence-corrected chi connectivity index (χ4v) is 3.12. The average molecular weight is 225 g/mol. The smallest absolute Gasteiger partial charge is 0.0580 e. The highest BCUT2D eigenvalue weighted by molar-refractivity contribution is 4.87. The van der Waals surface area contributed by atoms with E-state index < -0.39 is 0 Å². The molecule has 0 amide bonds. The summed E-state index contributed by atoms with van der Waals surface area (Å²) in [6, 6.07) is 0.826. The lowest BCUT2D eigenvalue weighted by Crippen LogP contribution is -2.39. The van der Waals surface area contributed by atoms with Crippen molar-refractivity contribution in [2.75, 3.05) is 13.6 Å². The van der Waals surface area contributed by atoms with Crippen LogP contribution in [0.25, 0.3) is 0 Å². The van der Waals surface area contributed by atoms with Gasteiger partial charge in [-0.1, -0.05) is 13.8 Å². The van der Waals surface area contributed by atoms with Crippen molar-refractivity contribution in [3.8, 4) is 0 Å². The van der Waals surface area contributed by atoms with E-state index in [1.807, 2.05) is 0 Å². The topological polar surface area (TPSA) is 23.5 Å². The summed E-state index contributed by atoms with van der Waals surface area (Å²) >= 11 is 0. The van der Waals surface area contributed by atoms with Crippen LogP contribution in [0.3, 0.4) is 0 Å². The standard InChI is InChI=1S/C14H27NO/c1-10(2)11-4-7-14(16)12(8-11)9-15(3)13-5-6-13/h10-14,16H,4-9H2,1-3H3. The predicted octanol–water partition coefficient (Wildman–Crippen LogP) is 2.51. The molecule has 2 aliphatic rings. The van der Waals surface area contributed by atoms with E-state index in [0.717, 1.165) is 30.8 Å². The highest BCUT2D eigenvalue weighted by atomic mass is 16.3. The summed E-state index contributed by atoms with van der Waals surface area (Å²) in [5, 5.41) is 10.1. The third-order valence-corrected chi connectivity index (χ3v) is 4.62. The minimum Gasteiger partial charge on any atom is -0.393 e. The maximum atomic E-state index is 10.1. The fourth-order valence-electron chi connectivity index (χ4n) is 3.12. The summed E-state index contributed by atoms with van der Waals surface area (Å²) < 4.78 is 0. The van der Waals surface area contributed by atoms with Gasteiger partial charge in [-0.2, -0.15) is 0 Å². The van der Waals surface area contributed by atoms with Gasteiger partial charge in [0.2, 0.25) is 0 Å². The minimum absolute atomic E-state index is 0.0452. The van der Waals surface area contributed by atoms with Crippen molar-refractivity contribution in [3.05, 3.63) is 0 Å². The lowest BCUT2D eigenvalue weighted by molar-refractivity contribution is 0.0214. The van der Waals surface area contributed by atoms with Crippen LogP contribution in [0, 0.1) is 17.8 Å². The Balaban J connectivity index is 1.85. The first-order valence-corrected chi connectivity index (χ1v) is 6.96. The first-order chi connectivity index (χ1) is 7.58. The summed E-state index contributed by atoms with van der Waals surface area (Å²) in [5.74, 6) is 2.13. The molecule has 2 heteroatoms. The molecule has 0 saturated heterocycles. The molecule has 2 saturated carbocycles. The van der Waals surface area contributed by atoms with Crippen LogP contribution in [-0.4, -0.2) is 35.7 Å². The van der Waals surface area contributed by atoms with Gasteiger partial charge in [0.05, 0.1) is 6.10 Å². The predicted molar refractivity (Wildman–Crippen MR) is 67.3 cm³/mol. The number of nitrogens with zero attached hydrogens (tertiary/aromatic N) is 1. The van der Waals surface area contributed by atoms with Crippen molar-refractivity contribution in [2.45, 2.75) is 58.1 Å². The summed E-state index contributed by atoms with van der Waals surface area (Å²) in [6.45, 7) is 5.75. The van der Waals surface area contributed by atoms with Crippen molar-refractivity contribution in [1.29, 1.82) is 0 Å². The lowest BCUT2D eigenvalue weighted by atomic mass is 9.74. The number of hydrogen-bond acceptors (Lipinski definition) is 2. The Hall–Kier alpha value is -0.0800. The van der Waals surface area contributed by atoms with Gasteiger partial charge in [0.15, 0.2) is 0 Å². The largest absolute Gasteiger partial charge is 0.393 e. The molecule has 2 aliphatic carbocycles. The normalized spacial score (nSPS) is 36.0. The molecule has 16 heavy (non-hydrogen) atoms. The zero-order chi connectivity index (χ0) is 11.7. The molecule has 1 N–H and O–H groups in total. The first-order valence-electron chi connectivity index (χ1n) is 6.96. The quantitative estimate of drug-likeness (QED) is 0.794. The van der Waals surface area contributed by atoms with E-state index in [9.17, 15) is 5.11 Å². The van der Waals surface area contributed by atoms with E-state index >= 15 is 0 Å². The summed E-state index contributed by atoms with van der Waals surface area (Å²) in [6.07, 6.45) is 6.17. The van der Waals surface area contributed by atoms with Crippen molar-refractivity contribution >= 4 is 0 Å². The zero-order valence-electron chi connectivity index (χ0n) is 11.0. The van der Waals surface area contributed by atoms with Crippen LogP contribution >= 0.6 is 0 Å². The Morgan fingerprint density at radius 1 is 1.19 bits per heavy atom. The molecule has 0 bridgehead atoms. The Kier molecular flexibility index (Phi) is 3.91. The third-order valence-electron chi connectivity index (χ3n) is 4.62. The van der Waals surface area contributed by atoms with Gasteiger partial charge in [-0.15, -0.1) is 0 Å². The van der Waals surface area contributed by atoms with Crippen LogP contribution in [0.2, 0.25) is 0 Å². The highest BCUT2D eigenvalue weighted by Crippen LogP contribution is 2.35. The number of rotatable bonds is 4. The van der Waals surface area contributed by atoms with Crippen LogP contribution in [-0.2, 0) is 0 Å². The van der Waals surface area contributed by atoms with E-state index in [-0.39, 0.29) is 6.10 Å². The van der Waals surface area contributed by atoms with E-state index in [1.165, 1.54) is 25.7 Å². The molecule has 2 fully saturated rings. The molecule has 0 aromatic heterocycles. The van der Waals surface area contributed by atoms with Crippen LogP contribution < -0.4 is 0 Å². The second kappa shape index (κ2) is 5.05. The molecule has 0 aromatic rings. The Morgan fingerprint density at radius 3 is 2.44 bits per heavy atom. The van der Waals surface area contributed by atoms with Gasteiger partial charge in [0.1, 0.15) is 0 Å². The second-order valence-electron chi connectivity index (χ2n) is 6.32. The van der Waals surface area contributed by atoms with E-state index in [2.05, 4.69) is 25.8 Å². The SMILES string of the molecule is CC(C)C1CCC(O)C(CN(C)C2CC2)C1. The molecule has 0 heterocycles. The fraction of sp³-hybridized carbons (Fsp3) is 1.00. The van der Waals surface area contributed by atoms with Crippen LogP contribution in [0.4, 0.5) is 0 Å². The van der Waals surface area contributed by atoms with E-state index in [0.29, 0.717) is 5.92 Å². The van der Waals surface area contributed by atoms with Gasteiger partial charge in [-0.25, -0.2) is 0 Å². The molecule has 3 unspecified atom stereocenters. The van der Waals surface area contributed by atoms with Gasteiger partial charge in [-0.3, -0.25) is 0 Å². The maximum absolute atomic E-state index is 10.1. The highest BCUT2D eigenvalue weighted by Gasteiger charge is 2.34. The van der Waals surface area contributed by atoms with E-state index in [4.69, 9.17) is 0 Å². The second-order valence-corrected chi connectivity index (χ2v) is 6.32. The molecule has 94 valence electrons. The summed E-state index contributed by atoms with van der Waals surface area (Å²) in [4.78, 5) is 2.47. The van der Waals surface area contributed by atoms with Gasteiger partial charge in [0.25, 0.3) is 0 Å².